The van der Waals surface area contributed by atoms with E-state index < -0.39 is 17.5 Å². The van der Waals surface area contributed by atoms with E-state index in [2.05, 4.69) is 0 Å². The molecule has 5 nitrogen and oxygen atoms in total. The van der Waals surface area contributed by atoms with Crippen molar-refractivity contribution in [3.8, 4) is 0 Å². The van der Waals surface area contributed by atoms with E-state index >= 15 is 0 Å². The minimum absolute atomic E-state index is 0.164. The van der Waals surface area contributed by atoms with Gasteiger partial charge >= 0.3 is 11.9 Å². The minimum Gasteiger partial charge on any atom is -0.480 e. The second kappa shape index (κ2) is 4.38. The van der Waals surface area contributed by atoms with Gasteiger partial charge in [-0.1, -0.05) is 0 Å². The Balaban J connectivity index is 2.71. The summed E-state index contributed by atoms with van der Waals surface area (Å²) in [5.74, 6) is -1.40. The molecule has 0 aliphatic carbocycles. The molecule has 0 amide bonds. The summed E-state index contributed by atoms with van der Waals surface area (Å²) in [5, 5.41) is 8.56. The maximum Gasteiger partial charge on any atom is 0.340 e. The second-order valence-electron chi connectivity index (χ2n) is 4.47. The van der Waals surface area contributed by atoms with Crippen LogP contribution in [0, 0.1) is 0 Å². The number of aromatic nitrogens is 1. The molecule has 0 aliphatic rings. The van der Waals surface area contributed by atoms with E-state index in [-0.39, 0.29) is 6.54 Å². The zero-order valence-corrected chi connectivity index (χ0v) is 9.56. The van der Waals surface area contributed by atoms with Gasteiger partial charge in [-0.15, -0.1) is 0 Å². The number of hydrogen-bond donors (Lipinski definition) is 1. The van der Waals surface area contributed by atoms with Crippen LogP contribution < -0.4 is 0 Å². The van der Waals surface area contributed by atoms with Gasteiger partial charge in [0.2, 0.25) is 0 Å². The Labute approximate surface area is 93.6 Å². The fourth-order valence-corrected chi connectivity index (χ4v) is 1.15. The number of rotatable bonds is 3. The Bertz CT molecular complexity index is 400. The molecule has 0 spiro atoms. The maximum atomic E-state index is 11.6. The first kappa shape index (κ1) is 12.3. The molecule has 1 N–H and O–H groups in total. The van der Waals surface area contributed by atoms with E-state index in [0.717, 1.165) is 0 Å². The van der Waals surface area contributed by atoms with Gasteiger partial charge in [0.25, 0.3) is 0 Å². The maximum absolute atomic E-state index is 11.6. The van der Waals surface area contributed by atoms with Crippen molar-refractivity contribution in [2.45, 2.75) is 32.9 Å². The van der Waals surface area contributed by atoms with Crippen molar-refractivity contribution < 1.29 is 19.4 Å². The molecular formula is C11H15NO4. The molecular weight excluding hydrogens is 210 g/mol. The third-order valence-electron chi connectivity index (χ3n) is 1.70. The molecule has 0 saturated carbocycles. The monoisotopic (exact) mass is 225 g/mol. The SMILES string of the molecule is CC(C)(C)OC(=O)c1ccn(CC(=O)O)c1. The summed E-state index contributed by atoms with van der Waals surface area (Å²) in [6, 6.07) is 1.54. The van der Waals surface area contributed by atoms with Crippen LogP contribution in [0.1, 0.15) is 31.1 Å². The molecule has 1 aromatic heterocycles. The average molecular weight is 225 g/mol. The van der Waals surface area contributed by atoms with Gasteiger partial charge in [-0.3, -0.25) is 4.79 Å². The number of nitrogens with zero attached hydrogens (tertiary/aromatic N) is 1. The first-order chi connectivity index (χ1) is 7.28. The van der Waals surface area contributed by atoms with Gasteiger partial charge in [-0.2, -0.15) is 0 Å². The average Bonchev–Trinajstić information content (AvgIpc) is 2.48. The first-order valence-corrected chi connectivity index (χ1v) is 4.89. The van der Waals surface area contributed by atoms with Gasteiger partial charge in [0, 0.05) is 12.4 Å². The smallest absolute Gasteiger partial charge is 0.340 e. The molecule has 0 aromatic carbocycles. The largest absolute Gasteiger partial charge is 0.480 e. The Kier molecular flexibility index (Phi) is 3.37. The Morgan fingerprint density at radius 2 is 2.06 bits per heavy atom. The Morgan fingerprint density at radius 1 is 1.44 bits per heavy atom. The summed E-state index contributed by atoms with van der Waals surface area (Å²) >= 11 is 0. The molecule has 1 heterocycles. The molecule has 16 heavy (non-hydrogen) atoms. The van der Waals surface area contributed by atoms with E-state index in [1.54, 1.807) is 20.8 Å². The lowest BCUT2D eigenvalue weighted by molar-refractivity contribution is -0.137. The van der Waals surface area contributed by atoms with Gasteiger partial charge in [-0.25, -0.2) is 4.79 Å². The fourth-order valence-electron chi connectivity index (χ4n) is 1.15. The zero-order valence-electron chi connectivity index (χ0n) is 9.56. The third kappa shape index (κ3) is 3.76. The summed E-state index contributed by atoms with van der Waals surface area (Å²) in [7, 11) is 0. The number of ether oxygens (including phenoxy) is 1. The standard InChI is InChI=1S/C11H15NO4/c1-11(2,3)16-10(15)8-4-5-12(6-8)7-9(13)14/h4-6H,7H2,1-3H3,(H,13,14). The van der Waals surface area contributed by atoms with Crippen molar-refractivity contribution in [1.82, 2.24) is 4.57 Å². The Morgan fingerprint density at radius 3 is 2.56 bits per heavy atom. The summed E-state index contributed by atoms with van der Waals surface area (Å²) in [6.45, 7) is 5.17. The molecule has 0 aliphatic heterocycles. The van der Waals surface area contributed by atoms with E-state index in [0.29, 0.717) is 5.56 Å². The third-order valence-corrected chi connectivity index (χ3v) is 1.70. The highest BCUT2D eigenvalue weighted by atomic mass is 16.6. The number of esters is 1. The Hall–Kier alpha value is -1.78. The van der Waals surface area contributed by atoms with Crippen LogP contribution in [0.3, 0.4) is 0 Å². The van der Waals surface area contributed by atoms with Crippen LogP contribution in [0.4, 0.5) is 0 Å². The number of aliphatic carboxylic acids is 1. The van der Waals surface area contributed by atoms with Gasteiger partial charge < -0.3 is 14.4 Å². The number of carbonyl (C=O) groups is 2. The number of hydrogen-bond acceptors (Lipinski definition) is 3. The van der Waals surface area contributed by atoms with Gasteiger partial charge in [0.05, 0.1) is 5.56 Å². The van der Waals surface area contributed by atoms with E-state index in [9.17, 15) is 9.59 Å². The highest BCUT2D eigenvalue weighted by Gasteiger charge is 2.18. The van der Waals surface area contributed by atoms with Crippen molar-refractivity contribution in [2.24, 2.45) is 0 Å². The van der Waals surface area contributed by atoms with Crippen LogP contribution in [-0.2, 0) is 16.1 Å². The van der Waals surface area contributed by atoms with Crippen molar-refractivity contribution >= 4 is 11.9 Å². The zero-order chi connectivity index (χ0) is 12.3. The second-order valence-corrected chi connectivity index (χ2v) is 4.47. The lowest BCUT2D eigenvalue weighted by atomic mass is 10.2. The van der Waals surface area contributed by atoms with Crippen LogP contribution in [-0.4, -0.2) is 27.2 Å². The lowest BCUT2D eigenvalue weighted by Crippen LogP contribution is -2.23. The summed E-state index contributed by atoms with van der Waals surface area (Å²) < 4.78 is 6.56. The predicted octanol–water partition coefficient (Wildman–Crippen LogP) is 1.53. The van der Waals surface area contributed by atoms with Crippen LogP contribution in [0.5, 0.6) is 0 Å². The van der Waals surface area contributed by atoms with Crippen LogP contribution in [0.15, 0.2) is 18.5 Å². The van der Waals surface area contributed by atoms with Gasteiger partial charge in [0.15, 0.2) is 0 Å². The number of carboxylic acid groups (broad SMARTS) is 1. The summed E-state index contributed by atoms with van der Waals surface area (Å²) in [6.07, 6.45) is 3.00. The van der Waals surface area contributed by atoms with E-state index in [1.807, 2.05) is 0 Å². The summed E-state index contributed by atoms with van der Waals surface area (Å²) in [5.41, 5.74) is -0.192. The van der Waals surface area contributed by atoms with E-state index in [1.165, 1.54) is 23.0 Å². The molecule has 1 rings (SSSR count). The highest BCUT2D eigenvalue weighted by molar-refractivity contribution is 5.89. The normalized spacial score (nSPS) is 11.2. The molecule has 0 fully saturated rings. The number of carbonyl (C=O) groups excluding carboxylic acids is 1. The van der Waals surface area contributed by atoms with Crippen LogP contribution in [0.2, 0.25) is 0 Å². The van der Waals surface area contributed by atoms with Crippen LogP contribution in [0.25, 0.3) is 0 Å². The van der Waals surface area contributed by atoms with Crippen molar-refractivity contribution in [2.75, 3.05) is 0 Å². The van der Waals surface area contributed by atoms with E-state index in [4.69, 9.17) is 9.84 Å². The highest BCUT2D eigenvalue weighted by Crippen LogP contribution is 2.12. The minimum atomic E-state index is -0.952. The van der Waals surface area contributed by atoms with Crippen molar-refractivity contribution in [3.05, 3.63) is 24.0 Å². The van der Waals surface area contributed by atoms with Crippen molar-refractivity contribution in [1.29, 1.82) is 0 Å². The number of carboxylic acids is 1. The predicted molar refractivity (Wildman–Crippen MR) is 57.2 cm³/mol. The lowest BCUT2D eigenvalue weighted by Gasteiger charge is -2.18. The first-order valence-electron chi connectivity index (χ1n) is 4.89. The topological polar surface area (TPSA) is 68.5 Å². The molecule has 0 bridgehead atoms. The van der Waals surface area contributed by atoms with Crippen molar-refractivity contribution in [3.63, 3.8) is 0 Å². The van der Waals surface area contributed by atoms with Gasteiger partial charge in [0.1, 0.15) is 12.1 Å². The summed E-state index contributed by atoms with van der Waals surface area (Å²) in [4.78, 5) is 22.0. The molecule has 5 heteroatoms. The fraction of sp³-hybridized carbons (Fsp3) is 0.455. The van der Waals surface area contributed by atoms with Gasteiger partial charge in [-0.05, 0) is 26.8 Å². The molecule has 0 radical (unpaired) electrons. The molecule has 0 atom stereocenters. The molecule has 1 aromatic rings. The van der Waals surface area contributed by atoms with Crippen LogP contribution >= 0.6 is 0 Å². The molecule has 88 valence electrons. The molecule has 0 saturated heterocycles. The molecule has 0 unspecified atom stereocenters. The quantitative estimate of drug-likeness (QED) is 0.792.